The van der Waals surface area contributed by atoms with Crippen molar-refractivity contribution in [1.29, 1.82) is 0 Å². The molecule has 4 heteroatoms. The zero-order chi connectivity index (χ0) is 13.4. The Morgan fingerprint density at radius 1 is 1.25 bits per heavy atom. The zero-order valence-electron chi connectivity index (χ0n) is 11.8. The standard InChI is InChI=1S/C16H22N4/c1-2-7-20-16(3-1)14(11-18-20)10-17-9-13-6-8-19(12-13)15-4-5-15/h1-3,7,11,13,15,17H,4-6,8-10,12H2. The van der Waals surface area contributed by atoms with Gasteiger partial charge in [0.15, 0.2) is 0 Å². The van der Waals surface area contributed by atoms with Gasteiger partial charge in [-0.3, -0.25) is 0 Å². The molecule has 2 aromatic rings. The van der Waals surface area contributed by atoms with Crippen LogP contribution in [0.1, 0.15) is 24.8 Å². The Morgan fingerprint density at radius 2 is 2.20 bits per heavy atom. The zero-order valence-corrected chi connectivity index (χ0v) is 11.8. The number of hydrogen-bond acceptors (Lipinski definition) is 3. The Labute approximate surface area is 119 Å². The SMILES string of the molecule is c1ccn2ncc(CNCC3CCN(C4CC4)C3)c2c1. The maximum atomic E-state index is 4.38. The van der Waals surface area contributed by atoms with E-state index in [-0.39, 0.29) is 0 Å². The summed E-state index contributed by atoms with van der Waals surface area (Å²) < 4.78 is 1.95. The van der Waals surface area contributed by atoms with E-state index in [4.69, 9.17) is 0 Å². The van der Waals surface area contributed by atoms with E-state index in [2.05, 4.69) is 27.4 Å². The molecule has 1 saturated carbocycles. The molecule has 1 N–H and O–H groups in total. The van der Waals surface area contributed by atoms with E-state index >= 15 is 0 Å². The third kappa shape index (κ3) is 2.45. The predicted molar refractivity (Wildman–Crippen MR) is 79.6 cm³/mol. The number of rotatable bonds is 5. The molecule has 20 heavy (non-hydrogen) atoms. The van der Waals surface area contributed by atoms with E-state index < -0.39 is 0 Å². The lowest BCUT2D eigenvalue weighted by Crippen LogP contribution is -2.27. The highest BCUT2D eigenvalue weighted by atomic mass is 15.2. The molecule has 0 bridgehead atoms. The monoisotopic (exact) mass is 270 g/mol. The lowest BCUT2D eigenvalue weighted by Gasteiger charge is -2.15. The van der Waals surface area contributed by atoms with Crippen LogP contribution in [0.25, 0.3) is 5.52 Å². The number of nitrogens with zero attached hydrogens (tertiary/aromatic N) is 3. The highest BCUT2D eigenvalue weighted by Gasteiger charge is 2.33. The minimum atomic E-state index is 0.831. The van der Waals surface area contributed by atoms with Gasteiger partial charge in [0.05, 0.1) is 11.7 Å². The largest absolute Gasteiger partial charge is 0.312 e. The summed E-state index contributed by atoms with van der Waals surface area (Å²) in [5, 5.41) is 8.00. The highest BCUT2D eigenvalue weighted by molar-refractivity contribution is 5.53. The summed E-state index contributed by atoms with van der Waals surface area (Å²) in [6.07, 6.45) is 8.21. The summed E-state index contributed by atoms with van der Waals surface area (Å²) >= 11 is 0. The number of nitrogens with one attached hydrogen (secondary N) is 1. The van der Waals surface area contributed by atoms with Crippen molar-refractivity contribution in [2.75, 3.05) is 19.6 Å². The fraction of sp³-hybridized carbons (Fsp3) is 0.562. The lowest BCUT2D eigenvalue weighted by molar-refractivity contribution is 0.312. The molecule has 2 aromatic heterocycles. The molecule has 1 unspecified atom stereocenters. The van der Waals surface area contributed by atoms with Crippen molar-refractivity contribution >= 4 is 5.52 Å². The van der Waals surface area contributed by atoms with Crippen LogP contribution in [0.2, 0.25) is 0 Å². The van der Waals surface area contributed by atoms with Crippen LogP contribution in [0, 0.1) is 5.92 Å². The minimum Gasteiger partial charge on any atom is -0.312 e. The molecule has 0 aromatic carbocycles. The fourth-order valence-corrected chi connectivity index (χ4v) is 3.34. The van der Waals surface area contributed by atoms with Crippen molar-refractivity contribution in [1.82, 2.24) is 19.8 Å². The summed E-state index contributed by atoms with van der Waals surface area (Å²) in [6.45, 7) is 4.67. The molecule has 0 radical (unpaired) electrons. The molecule has 3 heterocycles. The maximum Gasteiger partial charge on any atom is 0.0706 e. The van der Waals surface area contributed by atoms with Crippen LogP contribution in [0.15, 0.2) is 30.6 Å². The van der Waals surface area contributed by atoms with Crippen molar-refractivity contribution in [3.05, 3.63) is 36.2 Å². The second-order valence-corrected chi connectivity index (χ2v) is 6.21. The molecule has 1 aliphatic carbocycles. The molecule has 4 rings (SSSR count). The average Bonchev–Trinajstić information content (AvgIpc) is 3.09. The van der Waals surface area contributed by atoms with Crippen LogP contribution >= 0.6 is 0 Å². The van der Waals surface area contributed by atoms with Gasteiger partial charge in [-0.25, -0.2) is 4.52 Å². The third-order valence-corrected chi connectivity index (χ3v) is 4.64. The van der Waals surface area contributed by atoms with Crippen LogP contribution in [0.4, 0.5) is 0 Å². The molecule has 0 spiro atoms. The van der Waals surface area contributed by atoms with Gasteiger partial charge in [0.2, 0.25) is 0 Å². The van der Waals surface area contributed by atoms with Crippen molar-refractivity contribution in [3.8, 4) is 0 Å². The van der Waals surface area contributed by atoms with E-state index in [1.165, 1.54) is 43.4 Å². The Morgan fingerprint density at radius 3 is 3.10 bits per heavy atom. The van der Waals surface area contributed by atoms with E-state index in [9.17, 15) is 0 Å². The molecule has 106 valence electrons. The Hall–Kier alpha value is -1.39. The number of aromatic nitrogens is 2. The van der Waals surface area contributed by atoms with Crippen LogP contribution in [-0.2, 0) is 6.54 Å². The smallest absolute Gasteiger partial charge is 0.0706 e. The van der Waals surface area contributed by atoms with Crippen LogP contribution < -0.4 is 5.32 Å². The van der Waals surface area contributed by atoms with Gasteiger partial charge in [-0.15, -0.1) is 0 Å². The van der Waals surface area contributed by atoms with Crippen LogP contribution in [0.5, 0.6) is 0 Å². The van der Waals surface area contributed by atoms with Crippen molar-refractivity contribution < 1.29 is 0 Å². The number of likely N-dealkylation sites (tertiary alicyclic amines) is 1. The van der Waals surface area contributed by atoms with E-state index in [1.807, 2.05) is 23.0 Å². The quantitative estimate of drug-likeness (QED) is 0.901. The molecule has 2 aliphatic rings. The van der Waals surface area contributed by atoms with Gasteiger partial charge in [-0.1, -0.05) is 6.07 Å². The normalized spacial score (nSPS) is 23.7. The van der Waals surface area contributed by atoms with Crippen molar-refractivity contribution in [2.24, 2.45) is 5.92 Å². The van der Waals surface area contributed by atoms with Gasteiger partial charge < -0.3 is 10.2 Å². The van der Waals surface area contributed by atoms with Crippen molar-refractivity contribution in [3.63, 3.8) is 0 Å². The van der Waals surface area contributed by atoms with E-state index in [0.717, 1.165) is 25.0 Å². The summed E-state index contributed by atoms with van der Waals surface area (Å²) in [5.74, 6) is 0.831. The second-order valence-electron chi connectivity index (χ2n) is 6.21. The van der Waals surface area contributed by atoms with Gasteiger partial charge in [-0.2, -0.15) is 5.10 Å². The van der Waals surface area contributed by atoms with Gasteiger partial charge >= 0.3 is 0 Å². The van der Waals surface area contributed by atoms with E-state index in [1.54, 1.807) is 0 Å². The van der Waals surface area contributed by atoms with Crippen molar-refractivity contribution in [2.45, 2.75) is 31.8 Å². The molecular formula is C16H22N4. The minimum absolute atomic E-state index is 0.831. The summed E-state index contributed by atoms with van der Waals surface area (Å²) in [7, 11) is 0. The first-order valence-corrected chi connectivity index (χ1v) is 7.76. The molecule has 1 saturated heterocycles. The van der Waals surface area contributed by atoms with E-state index in [0.29, 0.717) is 0 Å². The van der Waals surface area contributed by atoms with Crippen LogP contribution in [0.3, 0.4) is 0 Å². The molecule has 1 atom stereocenters. The van der Waals surface area contributed by atoms with Gasteiger partial charge in [0.1, 0.15) is 0 Å². The predicted octanol–water partition coefficient (Wildman–Crippen LogP) is 1.91. The first-order chi connectivity index (χ1) is 9.90. The summed E-state index contributed by atoms with van der Waals surface area (Å²) in [4.78, 5) is 2.68. The second kappa shape index (κ2) is 5.19. The van der Waals surface area contributed by atoms with Gasteiger partial charge in [0.25, 0.3) is 0 Å². The fourth-order valence-electron chi connectivity index (χ4n) is 3.34. The molecular weight excluding hydrogens is 248 g/mol. The highest BCUT2D eigenvalue weighted by Crippen LogP contribution is 2.31. The molecule has 4 nitrogen and oxygen atoms in total. The summed E-state index contributed by atoms with van der Waals surface area (Å²) in [6, 6.07) is 7.15. The average molecular weight is 270 g/mol. The topological polar surface area (TPSA) is 32.6 Å². The van der Waals surface area contributed by atoms with Gasteiger partial charge in [0, 0.05) is 30.9 Å². The number of pyridine rings is 1. The Balaban J connectivity index is 1.30. The van der Waals surface area contributed by atoms with Gasteiger partial charge in [-0.05, 0) is 50.4 Å². The number of hydrogen-bond donors (Lipinski definition) is 1. The third-order valence-electron chi connectivity index (χ3n) is 4.64. The molecule has 2 fully saturated rings. The number of fused-ring (bicyclic) bond motifs is 1. The molecule has 1 aliphatic heterocycles. The first-order valence-electron chi connectivity index (χ1n) is 7.76. The molecule has 0 amide bonds. The lowest BCUT2D eigenvalue weighted by atomic mass is 10.1. The summed E-state index contributed by atoms with van der Waals surface area (Å²) in [5.41, 5.74) is 2.51. The van der Waals surface area contributed by atoms with Crippen LogP contribution in [-0.4, -0.2) is 40.2 Å². The Bertz CT molecular complexity index is 587. The maximum absolute atomic E-state index is 4.38. The Kier molecular flexibility index (Phi) is 3.20. The first kappa shape index (κ1) is 12.4.